The monoisotopic (exact) mass is 415 g/mol. The lowest BCUT2D eigenvalue weighted by molar-refractivity contribution is -0.120. The number of para-hydroxylation sites is 1. The molecule has 1 aromatic heterocycles. The Hall–Kier alpha value is -3.45. The van der Waals surface area contributed by atoms with Crippen LogP contribution < -0.4 is 5.32 Å². The van der Waals surface area contributed by atoms with Crippen molar-refractivity contribution >= 4 is 17.7 Å². The van der Waals surface area contributed by atoms with Crippen molar-refractivity contribution in [1.82, 2.24) is 25.5 Å². The smallest absolute Gasteiger partial charge is 0.234 e. The van der Waals surface area contributed by atoms with Gasteiger partial charge in [-0.05, 0) is 40.6 Å². The third kappa shape index (κ3) is 4.58. The minimum absolute atomic E-state index is 0.0830. The van der Waals surface area contributed by atoms with Gasteiger partial charge in [-0.2, -0.15) is 4.68 Å². The van der Waals surface area contributed by atoms with Gasteiger partial charge in [0.25, 0.3) is 0 Å². The van der Waals surface area contributed by atoms with Crippen LogP contribution in [0.4, 0.5) is 0 Å². The van der Waals surface area contributed by atoms with E-state index in [0.717, 1.165) is 16.8 Å². The van der Waals surface area contributed by atoms with Crippen LogP contribution in [-0.2, 0) is 4.79 Å². The summed E-state index contributed by atoms with van der Waals surface area (Å²) in [5.41, 5.74) is 2.91. The van der Waals surface area contributed by atoms with E-state index >= 15 is 0 Å². The molecular formula is C23H21N5OS. The third-order valence-corrected chi connectivity index (χ3v) is 5.68. The van der Waals surface area contributed by atoms with Crippen LogP contribution in [0.15, 0.2) is 96.2 Å². The Kier molecular flexibility index (Phi) is 6.20. The van der Waals surface area contributed by atoms with E-state index in [1.165, 1.54) is 11.8 Å². The quantitative estimate of drug-likeness (QED) is 0.461. The molecule has 0 radical (unpaired) electrons. The molecule has 4 rings (SSSR count). The molecule has 0 aliphatic heterocycles. The minimum atomic E-state index is -0.381. The third-order valence-electron chi connectivity index (χ3n) is 4.65. The molecule has 150 valence electrons. The molecule has 30 heavy (non-hydrogen) atoms. The predicted molar refractivity (Wildman–Crippen MR) is 117 cm³/mol. The topological polar surface area (TPSA) is 72.7 Å². The standard InChI is InChI=1S/C23H21N5OS/c1-17(30-23-25-26-27-28(23)20-15-9-4-10-16-20)22(29)24-21(18-11-5-2-6-12-18)19-13-7-3-8-14-19/h2-17,21H,1H3,(H,24,29)/t17-/m1/s1. The summed E-state index contributed by atoms with van der Waals surface area (Å²) in [5.74, 6) is -0.0830. The second-order valence-electron chi connectivity index (χ2n) is 6.73. The average Bonchev–Trinajstić information content (AvgIpc) is 3.27. The van der Waals surface area contributed by atoms with Crippen LogP contribution in [0.2, 0.25) is 0 Å². The number of thioether (sulfide) groups is 1. The molecule has 1 N–H and O–H groups in total. The highest BCUT2D eigenvalue weighted by Crippen LogP contribution is 2.26. The molecule has 0 spiro atoms. The molecule has 1 heterocycles. The van der Waals surface area contributed by atoms with Crippen LogP contribution in [0.25, 0.3) is 5.69 Å². The number of tetrazole rings is 1. The van der Waals surface area contributed by atoms with Crippen LogP contribution in [0, 0.1) is 0 Å². The fraction of sp³-hybridized carbons (Fsp3) is 0.130. The lowest BCUT2D eigenvalue weighted by atomic mass is 9.98. The Morgan fingerprint density at radius 2 is 1.40 bits per heavy atom. The summed E-state index contributed by atoms with van der Waals surface area (Å²) >= 11 is 1.33. The van der Waals surface area contributed by atoms with E-state index in [9.17, 15) is 4.79 Å². The van der Waals surface area contributed by atoms with E-state index in [0.29, 0.717) is 5.16 Å². The highest BCUT2D eigenvalue weighted by atomic mass is 32.2. The number of hydrogen-bond acceptors (Lipinski definition) is 5. The summed E-state index contributed by atoms with van der Waals surface area (Å²) in [6, 6.07) is 29.3. The first kappa shape index (κ1) is 19.8. The maximum absolute atomic E-state index is 13.1. The van der Waals surface area contributed by atoms with Crippen molar-refractivity contribution in [2.45, 2.75) is 23.4 Å². The van der Waals surface area contributed by atoms with Gasteiger partial charge in [-0.1, -0.05) is 90.6 Å². The number of nitrogens with zero attached hydrogens (tertiary/aromatic N) is 4. The number of rotatable bonds is 7. The Morgan fingerprint density at radius 3 is 1.97 bits per heavy atom. The molecule has 4 aromatic rings. The van der Waals surface area contributed by atoms with E-state index in [1.807, 2.05) is 97.9 Å². The Labute approximate surface area is 179 Å². The molecule has 0 fully saturated rings. The van der Waals surface area contributed by atoms with E-state index < -0.39 is 0 Å². The van der Waals surface area contributed by atoms with Crippen molar-refractivity contribution in [3.05, 3.63) is 102 Å². The van der Waals surface area contributed by atoms with Gasteiger partial charge in [0.05, 0.1) is 17.0 Å². The first-order valence-corrected chi connectivity index (χ1v) is 10.5. The van der Waals surface area contributed by atoms with Gasteiger partial charge in [0, 0.05) is 0 Å². The zero-order chi connectivity index (χ0) is 20.8. The summed E-state index contributed by atoms with van der Waals surface area (Å²) in [6.07, 6.45) is 0. The van der Waals surface area contributed by atoms with Gasteiger partial charge in [0.15, 0.2) is 0 Å². The first-order valence-electron chi connectivity index (χ1n) is 9.63. The predicted octanol–water partition coefficient (Wildman–Crippen LogP) is 4.05. The zero-order valence-corrected chi connectivity index (χ0v) is 17.2. The van der Waals surface area contributed by atoms with Crippen molar-refractivity contribution in [2.75, 3.05) is 0 Å². The minimum Gasteiger partial charge on any atom is -0.344 e. The molecular weight excluding hydrogens is 394 g/mol. The molecule has 0 saturated heterocycles. The number of hydrogen-bond donors (Lipinski definition) is 1. The molecule has 1 atom stereocenters. The second-order valence-corrected chi connectivity index (χ2v) is 8.04. The Morgan fingerprint density at radius 1 is 0.867 bits per heavy atom. The molecule has 0 aliphatic rings. The van der Waals surface area contributed by atoms with E-state index in [4.69, 9.17) is 0 Å². The first-order chi connectivity index (χ1) is 14.7. The lowest BCUT2D eigenvalue weighted by Gasteiger charge is -2.22. The summed E-state index contributed by atoms with van der Waals surface area (Å²) in [5, 5.41) is 15.3. The fourth-order valence-corrected chi connectivity index (χ4v) is 3.92. The molecule has 0 saturated carbocycles. The van der Waals surface area contributed by atoms with Gasteiger partial charge >= 0.3 is 0 Å². The van der Waals surface area contributed by atoms with Crippen LogP contribution in [0.5, 0.6) is 0 Å². The van der Waals surface area contributed by atoms with E-state index in [-0.39, 0.29) is 17.2 Å². The number of amides is 1. The van der Waals surface area contributed by atoms with Crippen molar-refractivity contribution in [1.29, 1.82) is 0 Å². The highest BCUT2D eigenvalue weighted by molar-refractivity contribution is 8.00. The molecule has 0 unspecified atom stereocenters. The zero-order valence-electron chi connectivity index (χ0n) is 16.4. The maximum Gasteiger partial charge on any atom is 0.234 e. The van der Waals surface area contributed by atoms with Crippen LogP contribution in [-0.4, -0.2) is 31.4 Å². The molecule has 3 aromatic carbocycles. The van der Waals surface area contributed by atoms with Crippen LogP contribution >= 0.6 is 11.8 Å². The molecule has 6 nitrogen and oxygen atoms in total. The summed E-state index contributed by atoms with van der Waals surface area (Å²) in [6.45, 7) is 1.86. The molecule has 0 bridgehead atoms. The molecule has 0 aliphatic carbocycles. The van der Waals surface area contributed by atoms with Gasteiger partial charge in [0.1, 0.15) is 0 Å². The fourth-order valence-electron chi connectivity index (χ4n) is 3.10. The molecule has 7 heteroatoms. The summed E-state index contributed by atoms with van der Waals surface area (Å²) < 4.78 is 1.64. The summed E-state index contributed by atoms with van der Waals surface area (Å²) in [4.78, 5) is 13.1. The van der Waals surface area contributed by atoms with Gasteiger partial charge < -0.3 is 5.32 Å². The van der Waals surface area contributed by atoms with Crippen molar-refractivity contribution in [3.63, 3.8) is 0 Å². The largest absolute Gasteiger partial charge is 0.344 e. The average molecular weight is 416 g/mol. The Balaban J connectivity index is 1.52. The molecule has 1 amide bonds. The SMILES string of the molecule is C[C@@H](Sc1nnnn1-c1ccccc1)C(=O)NC(c1ccccc1)c1ccccc1. The van der Waals surface area contributed by atoms with Crippen LogP contribution in [0.3, 0.4) is 0 Å². The number of carbonyl (C=O) groups excluding carboxylic acids is 1. The van der Waals surface area contributed by atoms with Gasteiger partial charge in [0.2, 0.25) is 11.1 Å². The van der Waals surface area contributed by atoms with Crippen molar-refractivity contribution in [2.24, 2.45) is 0 Å². The second kappa shape index (κ2) is 9.37. The highest BCUT2D eigenvalue weighted by Gasteiger charge is 2.23. The maximum atomic E-state index is 13.1. The normalized spacial score (nSPS) is 11.9. The Bertz CT molecular complexity index is 1050. The van der Waals surface area contributed by atoms with E-state index in [1.54, 1.807) is 4.68 Å². The number of nitrogens with one attached hydrogen (secondary N) is 1. The lowest BCUT2D eigenvalue weighted by Crippen LogP contribution is -2.35. The number of carbonyl (C=O) groups is 1. The number of aromatic nitrogens is 4. The number of benzene rings is 3. The summed E-state index contributed by atoms with van der Waals surface area (Å²) in [7, 11) is 0. The van der Waals surface area contributed by atoms with Gasteiger partial charge in [-0.3, -0.25) is 4.79 Å². The van der Waals surface area contributed by atoms with E-state index in [2.05, 4.69) is 20.8 Å². The van der Waals surface area contributed by atoms with Crippen LogP contribution in [0.1, 0.15) is 24.1 Å². The van der Waals surface area contributed by atoms with Crippen molar-refractivity contribution < 1.29 is 4.79 Å². The van der Waals surface area contributed by atoms with Crippen molar-refractivity contribution in [3.8, 4) is 5.69 Å². The van der Waals surface area contributed by atoms with Gasteiger partial charge in [-0.25, -0.2) is 0 Å². The van der Waals surface area contributed by atoms with Gasteiger partial charge in [-0.15, -0.1) is 5.10 Å².